The zero-order chi connectivity index (χ0) is 19.7. The molecule has 1 aromatic heterocycles. The number of halogens is 5. The monoisotopic (exact) mass is 397 g/mol. The lowest BCUT2D eigenvalue weighted by molar-refractivity contribution is 0.101. The van der Waals surface area contributed by atoms with E-state index in [1.165, 1.54) is 25.4 Å². The molecule has 0 bridgehead atoms. The molecular weight excluding hydrogens is 386 g/mol. The topological polar surface area (TPSA) is 46.9 Å². The smallest absolute Gasteiger partial charge is 0.282 e. The number of nitrogens with one attached hydrogen (secondary N) is 1. The molecule has 0 aliphatic heterocycles. The number of aromatic nitrogens is 2. The van der Waals surface area contributed by atoms with Crippen LogP contribution in [-0.2, 0) is 7.05 Å². The van der Waals surface area contributed by atoms with Crippen LogP contribution in [0.5, 0.6) is 0 Å². The lowest BCUT2D eigenvalue weighted by atomic mass is 10.0. The summed E-state index contributed by atoms with van der Waals surface area (Å²) >= 11 is 5.49. The summed E-state index contributed by atoms with van der Waals surface area (Å²) < 4.78 is 54.8. The first-order valence-electron chi connectivity index (χ1n) is 7.65. The highest BCUT2D eigenvalue weighted by Crippen LogP contribution is 2.32. The van der Waals surface area contributed by atoms with E-state index in [0.717, 1.165) is 16.8 Å². The van der Waals surface area contributed by atoms with Crippen LogP contribution < -0.4 is 5.32 Å². The van der Waals surface area contributed by atoms with Gasteiger partial charge in [-0.1, -0.05) is 29.8 Å². The number of benzene rings is 2. The largest absolute Gasteiger partial charge is 0.321 e. The number of carbonyl (C=O) groups is 1. The number of nitrogens with zero attached hydrogens (tertiary/aromatic N) is 2. The third-order valence-electron chi connectivity index (χ3n) is 3.78. The summed E-state index contributed by atoms with van der Waals surface area (Å²) in [5.74, 6) is -2.74. The number of hydrogen-bond acceptors (Lipinski definition) is 2. The van der Waals surface area contributed by atoms with E-state index in [1.807, 2.05) is 0 Å². The molecule has 140 valence electrons. The number of rotatable bonds is 4. The first kappa shape index (κ1) is 18.9. The molecule has 1 N–H and O–H groups in total. The Hall–Kier alpha value is -2.87. The molecule has 0 atom stereocenters. The molecule has 3 aromatic rings. The average molecular weight is 398 g/mol. The summed E-state index contributed by atoms with van der Waals surface area (Å²) in [4.78, 5) is 12.5. The Morgan fingerprint density at radius 1 is 1.19 bits per heavy atom. The van der Waals surface area contributed by atoms with E-state index in [0.29, 0.717) is 5.56 Å². The molecule has 0 aliphatic carbocycles. The second-order valence-electron chi connectivity index (χ2n) is 5.66. The molecule has 27 heavy (non-hydrogen) atoms. The van der Waals surface area contributed by atoms with Gasteiger partial charge in [0.2, 0.25) is 0 Å². The van der Waals surface area contributed by atoms with Gasteiger partial charge in [0, 0.05) is 24.5 Å². The summed E-state index contributed by atoms with van der Waals surface area (Å²) in [5, 5.41) is 5.42. The molecule has 1 amide bonds. The Balaban J connectivity index is 1.99. The third-order valence-corrected chi connectivity index (χ3v) is 4.14. The molecule has 0 saturated heterocycles. The van der Waals surface area contributed by atoms with E-state index >= 15 is 0 Å². The van der Waals surface area contributed by atoms with Crippen molar-refractivity contribution < 1.29 is 22.4 Å². The average Bonchev–Trinajstić information content (AvgIpc) is 3.02. The number of hydrogen-bond donors (Lipinski definition) is 1. The molecule has 0 fully saturated rings. The van der Waals surface area contributed by atoms with Crippen LogP contribution in [0.2, 0.25) is 5.02 Å². The fraction of sp³-hybridized carbons (Fsp3) is 0.111. The molecule has 1 heterocycles. The van der Waals surface area contributed by atoms with Gasteiger partial charge in [-0.05, 0) is 23.8 Å². The van der Waals surface area contributed by atoms with Crippen LogP contribution in [0.15, 0.2) is 42.6 Å². The minimum atomic E-state index is -2.93. The standard InChI is InChI=1S/C18H12ClF4N3O/c1-26-8-11(16(25-26)17(22)23)18(27)24-14-5-3-2-4-10(14)9-6-12(20)15(19)13(21)7-9/h2-8,17H,1H3,(H,24,27). The van der Waals surface area contributed by atoms with E-state index < -0.39 is 34.7 Å². The number of anilines is 1. The molecule has 4 nitrogen and oxygen atoms in total. The van der Waals surface area contributed by atoms with Crippen molar-refractivity contribution in [2.24, 2.45) is 7.05 Å². The quantitative estimate of drug-likeness (QED) is 0.485. The first-order chi connectivity index (χ1) is 12.8. The summed E-state index contributed by atoms with van der Waals surface area (Å²) in [7, 11) is 1.41. The molecule has 0 spiro atoms. The Morgan fingerprint density at radius 3 is 2.44 bits per heavy atom. The van der Waals surface area contributed by atoms with Gasteiger partial charge in [-0.15, -0.1) is 0 Å². The maximum atomic E-state index is 13.8. The number of carbonyl (C=O) groups excluding carboxylic acids is 1. The van der Waals surface area contributed by atoms with Crippen molar-refractivity contribution in [3.05, 3.63) is 70.5 Å². The van der Waals surface area contributed by atoms with Gasteiger partial charge < -0.3 is 5.32 Å². The number of para-hydroxylation sites is 1. The lowest BCUT2D eigenvalue weighted by Crippen LogP contribution is -2.14. The first-order valence-corrected chi connectivity index (χ1v) is 8.02. The van der Waals surface area contributed by atoms with Crippen LogP contribution in [0.4, 0.5) is 23.2 Å². The Kier molecular flexibility index (Phi) is 5.18. The summed E-state index contributed by atoms with van der Waals surface area (Å²) in [6, 6.07) is 8.23. The van der Waals surface area contributed by atoms with Crippen molar-refractivity contribution in [3.63, 3.8) is 0 Å². The second kappa shape index (κ2) is 7.40. The highest BCUT2D eigenvalue weighted by Gasteiger charge is 2.23. The molecule has 2 aromatic carbocycles. The van der Waals surface area contributed by atoms with Gasteiger partial charge >= 0.3 is 0 Å². The molecule has 0 unspecified atom stereocenters. The summed E-state index contributed by atoms with van der Waals surface area (Å²) in [6.45, 7) is 0. The Morgan fingerprint density at radius 2 is 1.81 bits per heavy atom. The van der Waals surface area contributed by atoms with E-state index in [4.69, 9.17) is 11.6 Å². The maximum Gasteiger partial charge on any atom is 0.282 e. The molecule has 3 rings (SSSR count). The van der Waals surface area contributed by atoms with Crippen molar-refractivity contribution in [2.45, 2.75) is 6.43 Å². The highest BCUT2D eigenvalue weighted by atomic mass is 35.5. The van der Waals surface area contributed by atoms with Crippen LogP contribution in [-0.4, -0.2) is 15.7 Å². The Bertz CT molecular complexity index is 997. The molecule has 0 saturated carbocycles. The minimum absolute atomic E-state index is 0.130. The fourth-order valence-corrected chi connectivity index (χ4v) is 2.70. The van der Waals surface area contributed by atoms with Gasteiger partial charge in [0.1, 0.15) is 22.4 Å². The van der Waals surface area contributed by atoms with Crippen molar-refractivity contribution in [3.8, 4) is 11.1 Å². The Labute approximate surface area is 156 Å². The van der Waals surface area contributed by atoms with E-state index in [9.17, 15) is 22.4 Å². The van der Waals surface area contributed by atoms with Crippen LogP contribution in [0.25, 0.3) is 11.1 Å². The number of aryl methyl sites for hydroxylation is 1. The molecule has 0 radical (unpaired) electrons. The van der Waals surface area contributed by atoms with E-state index in [1.54, 1.807) is 12.1 Å². The third kappa shape index (κ3) is 3.80. The van der Waals surface area contributed by atoms with Gasteiger partial charge in [0.25, 0.3) is 12.3 Å². The van der Waals surface area contributed by atoms with Crippen LogP contribution in [0, 0.1) is 11.6 Å². The van der Waals surface area contributed by atoms with Crippen molar-refractivity contribution in [2.75, 3.05) is 5.32 Å². The zero-order valence-electron chi connectivity index (χ0n) is 13.8. The molecule has 9 heteroatoms. The predicted octanol–water partition coefficient (Wildman–Crippen LogP) is 5.21. The van der Waals surface area contributed by atoms with Crippen molar-refractivity contribution in [1.82, 2.24) is 9.78 Å². The fourth-order valence-electron chi connectivity index (χ4n) is 2.59. The predicted molar refractivity (Wildman–Crippen MR) is 92.9 cm³/mol. The normalized spacial score (nSPS) is 11.1. The van der Waals surface area contributed by atoms with Gasteiger partial charge in [-0.3, -0.25) is 9.48 Å². The lowest BCUT2D eigenvalue weighted by Gasteiger charge is -2.12. The highest BCUT2D eigenvalue weighted by molar-refractivity contribution is 6.31. The van der Waals surface area contributed by atoms with Crippen LogP contribution >= 0.6 is 11.6 Å². The minimum Gasteiger partial charge on any atom is -0.321 e. The second-order valence-corrected chi connectivity index (χ2v) is 6.03. The van der Waals surface area contributed by atoms with Gasteiger partial charge in [0.05, 0.1) is 5.56 Å². The summed E-state index contributed by atoms with van der Waals surface area (Å²) in [6.07, 6.45) is -1.76. The van der Waals surface area contributed by atoms with Crippen LogP contribution in [0.3, 0.4) is 0 Å². The van der Waals surface area contributed by atoms with E-state index in [-0.39, 0.29) is 16.8 Å². The zero-order valence-corrected chi connectivity index (χ0v) is 14.6. The van der Waals surface area contributed by atoms with Crippen molar-refractivity contribution in [1.29, 1.82) is 0 Å². The van der Waals surface area contributed by atoms with Crippen molar-refractivity contribution >= 4 is 23.2 Å². The number of alkyl halides is 2. The van der Waals surface area contributed by atoms with Crippen LogP contribution in [0.1, 0.15) is 22.5 Å². The van der Waals surface area contributed by atoms with Gasteiger partial charge in [-0.25, -0.2) is 17.6 Å². The molecule has 0 aliphatic rings. The molecular formula is C18H12ClF4N3O. The maximum absolute atomic E-state index is 13.8. The summed E-state index contributed by atoms with van der Waals surface area (Å²) in [5.41, 5.74) is -0.340. The van der Waals surface area contributed by atoms with Gasteiger partial charge in [-0.2, -0.15) is 5.10 Å². The SMILES string of the molecule is Cn1cc(C(=O)Nc2ccccc2-c2cc(F)c(Cl)c(F)c2)c(C(F)F)n1. The van der Waals surface area contributed by atoms with E-state index in [2.05, 4.69) is 10.4 Å². The van der Waals surface area contributed by atoms with Gasteiger partial charge in [0.15, 0.2) is 0 Å². The number of amides is 1.